The Morgan fingerprint density at radius 1 is 1.25 bits per heavy atom. The van der Waals surface area contributed by atoms with Gasteiger partial charge >= 0.3 is 5.69 Å². The van der Waals surface area contributed by atoms with Gasteiger partial charge in [0.05, 0.1) is 0 Å². The third-order valence-corrected chi connectivity index (χ3v) is 5.77. The van der Waals surface area contributed by atoms with Crippen LogP contribution in [0.3, 0.4) is 0 Å². The quantitative estimate of drug-likeness (QED) is 0.415. The molecule has 0 spiro atoms. The predicted octanol–water partition coefficient (Wildman–Crippen LogP) is 1.20. The summed E-state index contributed by atoms with van der Waals surface area (Å²) in [7, 11) is 0. The summed E-state index contributed by atoms with van der Waals surface area (Å²) in [5.74, 6) is 1.84. The molecule has 0 aromatic carbocycles. The van der Waals surface area contributed by atoms with Crippen molar-refractivity contribution in [3.8, 4) is 0 Å². The number of aliphatic imine (C=N–C) groups is 1. The van der Waals surface area contributed by atoms with Crippen molar-refractivity contribution >= 4 is 5.96 Å². The molecule has 0 unspecified atom stereocenters. The SMILES string of the molecule is CCNC(=NCCCn1nc2n(c1=O)CCCC2)NC1CCN(C(C)C)CC1. The van der Waals surface area contributed by atoms with E-state index in [2.05, 4.69) is 41.4 Å². The fraction of sp³-hybridized carbons (Fsp3) is 0.850. The minimum Gasteiger partial charge on any atom is -0.357 e. The summed E-state index contributed by atoms with van der Waals surface area (Å²) in [4.78, 5) is 19.6. The first-order valence-electron chi connectivity index (χ1n) is 11.0. The van der Waals surface area contributed by atoms with E-state index in [1.165, 1.54) is 0 Å². The summed E-state index contributed by atoms with van der Waals surface area (Å²) in [5.41, 5.74) is 0.0422. The summed E-state index contributed by atoms with van der Waals surface area (Å²) in [5, 5.41) is 11.4. The lowest BCUT2D eigenvalue weighted by molar-refractivity contribution is 0.167. The highest BCUT2D eigenvalue weighted by molar-refractivity contribution is 5.80. The van der Waals surface area contributed by atoms with Crippen LogP contribution >= 0.6 is 0 Å². The van der Waals surface area contributed by atoms with Gasteiger partial charge in [-0.2, -0.15) is 5.10 Å². The van der Waals surface area contributed by atoms with Crippen LogP contribution in [-0.2, 0) is 19.5 Å². The largest absolute Gasteiger partial charge is 0.357 e. The first-order chi connectivity index (χ1) is 13.6. The van der Waals surface area contributed by atoms with E-state index in [-0.39, 0.29) is 5.69 Å². The van der Waals surface area contributed by atoms with Crippen LogP contribution in [0.15, 0.2) is 9.79 Å². The van der Waals surface area contributed by atoms with Crippen molar-refractivity contribution in [2.24, 2.45) is 4.99 Å². The summed E-state index contributed by atoms with van der Waals surface area (Å²) in [6.45, 7) is 11.9. The van der Waals surface area contributed by atoms with Crippen molar-refractivity contribution in [1.82, 2.24) is 29.9 Å². The maximum atomic E-state index is 12.4. The van der Waals surface area contributed by atoms with Crippen LogP contribution in [0, 0.1) is 0 Å². The van der Waals surface area contributed by atoms with Crippen molar-refractivity contribution in [3.63, 3.8) is 0 Å². The second-order valence-electron chi connectivity index (χ2n) is 8.19. The molecule has 8 heteroatoms. The molecule has 158 valence electrons. The van der Waals surface area contributed by atoms with Gasteiger partial charge in [-0.3, -0.25) is 9.56 Å². The molecule has 0 atom stereocenters. The first kappa shape index (κ1) is 20.9. The molecule has 0 bridgehead atoms. The Hall–Kier alpha value is -1.83. The highest BCUT2D eigenvalue weighted by Gasteiger charge is 2.21. The summed E-state index contributed by atoms with van der Waals surface area (Å²) >= 11 is 0. The lowest BCUT2D eigenvalue weighted by atomic mass is 10.0. The summed E-state index contributed by atoms with van der Waals surface area (Å²) in [6.07, 6.45) is 6.25. The number of nitrogens with zero attached hydrogens (tertiary/aromatic N) is 5. The normalized spacial score (nSPS) is 19.1. The van der Waals surface area contributed by atoms with E-state index in [1.54, 1.807) is 4.68 Å². The van der Waals surface area contributed by atoms with E-state index in [1.807, 2.05) is 4.57 Å². The predicted molar refractivity (Wildman–Crippen MR) is 113 cm³/mol. The lowest BCUT2D eigenvalue weighted by Gasteiger charge is -2.35. The molecular weight excluding hydrogens is 354 g/mol. The third-order valence-electron chi connectivity index (χ3n) is 5.77. The Labute approximate surface area is 168 Å². The van der Waals surface area contributed by atoms with Crippen LogP contribution in [0.2, 0.25) is 0 Å². The molecule has 8 nitrogen and oxygen atoms in total. The van der Waals surface area contributed by atoms with Crippen molar-refractivity contribution in [1.29, 1.82) is 0 Å². The van der Waals surface area contributed by atoms with Crippen LogP contribution < -0.4 is 16.3 Å². The minimum absolute atomic E-state index is 0.0422. The zero-order valence-corrected chi connectivity index (χ0v) is 17.8. The average Bonchev–Trinajstić information content (AvgIpc) is 3.02. The Balaban J connectivity index is 1.47. The van der Waals surface area contributed by atoms with Crippen LogP contribution in [0.1, 0.15) is 58.7 Å². The van der Waals surface area contributed by atoms with Gasteiger partial charge in [-0.1, -0.05) is 0 Å². The van der Waals surface area contributed by atoms with Crippen LogP contribution in [-0.4, -0.2) is 63.5 Å². The van der Waals surface area contributed by atoms with Gasteiger partial charge in [0.2, 0.25) is 0 Å². The van der Waals surface area contributed by atoms with Gasteiger partial charge in [-0.05, 0) is 52.9 Å². The zero-order valence-electron chi connectivity index (χ0n) is 17.8. The fourth-order valence-electron chi connectivity index (χ4n) is 4.08. The number of fused-ring (bicyclic) bond motifs is 1. The van der Waals surface area contributed by atoms with E-state index < -0.39 is 0 Å². The number of hydrogen-bond donors (Lipinski definition) is 2. The Morgan fingerprint density at radius 3 is 2.71 bits per heavy atom. The molecule has 0 radical (unpaired) electrons. The molecule has 0 amide bonds. The molecule has 3 heterocycles. The maximum absolute atomic E-state index is 12.4. The molecule has 0 aliphatic carbocycles. The molecule has 2 aliphatic heterocycles. The maximum Gasteiger partial charge on any atom is 0.345 e. The number of nitrogens with one attached hydrogen (secondary N) is 2. The number of aryl methyl sites for hydroxylation is 2. The third kappa shape index (κ3) is 5.37. The summed E-state index contributed by atoms with van der Waals surface area (Å²) < 4.78 is 3.46. The number of hydrogen-bond acceptors (Lipinski definition) is 4. The molecule has 3 rings (SSSR count). The molecular formula is C20H37N7O. The monoisotopic (exact) mass is 391 g/mol. The number of piperidine rings is 1. The highest BCUT2D eigenvalue weighted by atomic mass is 16.2. The number of rotatable bonds is 7. The van der Waals surface area contributed by atoms with Crippen LogP contribution in [0.25, 0.3) is 0 Å². The van der Waals surface area contributed by atoms with Gasteiger partial charge < -0.3 is 15.5 Å². The lowest BCUT2D eigenvalue weighted by Crippen LogP contribution is -2.49. The van der Waals surface area contributed by atoms with Gasteiger partial charge in [0, 0.05) is 57.8 Å². The summed E-state index contributed by atoms with van der Waals surface area (Å²) in [6, 6.07) is 1.11. The molecule has 1 aromatic heterocycles. The standard InChI is InChI=1S/C20H37N7O/c1-4-21-19(23-17-9-14-25(15-10-17)16(2)3)22-11-7-13-27-20(28)26-12-6-5-8-18(26)24-27/h16-17H,4-15H2,1-3H3,(H2,21,22,23). The molecule has 2 N–H and O–H groups in total. The van der Waals surface area contributed by atoms with Crippen molar-refractivity contribution in [2.75, 3.05) is 26.2 Å². The second-order valence-corrected chi connectivity index (χ2v) is 8.19. The van der Waals surface area contributed by atoms with Gasteiger partial charge in [-0.25, -0.2) is 9.48 Å². The number of aromatic nitrogens is 3. The van der Waals surface area contributed by atoms with Crippen molar-refractivity contribution < 1.29 is 0 Å². The van der Waals surface area contributed by atoms with Gasteiger partial charge in [-0.15, -0.1) is 0 Å². The molecule has 28 heavy (non-hydrogen) atoms. The van der Waals surface area contributed by atoms with Crippen molar-refractivity contribution in [2.45, 2.75) is 84.5 Å². The smallest absolute Gasteiger partial charge is 0.345 e. The van der Waals surface area contributed by atoms with E-state index >= 15 is 0 Å². The topological polar surface area (TPSA) is 79.5 Å². The Bertz CT molecular complexity index is 698. The second kappa shape index (κ2) is 10.1. The minimum atomic E-state index is 0.0422. The van der Waals surface area contributed by atoms with E-state index in [0.29, 0.717) is 25.2 Å². The van der Waals surface area contributed by atoms with Gasteiger partial charge in [0.25, 0.3) is 0 Å². The Kier molecular flexibility index (Phi) is 7.53. The zero-order chi connectivity index (χ0) is 19.9. The van der Waals surface area contributed by atoms with Gasteiger partial charge in [0.1, 0.15) is 5.82 Å². The van der Waals surface area contributed by atoms with E-state index in [4.69, 9.17) is 4.99 Å². The van der Waals surface area contributed by atoms with E-state index in [0.717, 1.165) is 76.5 Å². The first-order valence-corrected chi connectivity index (χ1v) is 11.0. The molecule has 1 aromatic rings. The van der Waals surface area contributed by atoms with E-state index in [9.17, 15) is 4.79 Å². The molecule has 2 aliphatic rings. The Morgan fingerprint density at radius 2 is 2.04 bits per heavy atom. The van der Waals surface area contributed by atoms with Crippen molar-refractivity contribution in [3.05, 3.63) is 16.3 Å². The highest BCUT2D eigenvalue weighted by Crippen LogP contribution is 2.13. The van der Waals surface area contributed by atoms with Gasteiger partial charge in [0.15, 0.2) is 5.96 Å². The number of guanidine groups is 1. The number of likely N-dealkylation sites (tertiary alicyclic amines) is 1. The fourth-order valence-corrected chi connectivity index (χ4v) is 4.08. The molecule has 0 saturated carbocycles. The molecule has 1 fully saturated rings. The molecule has 1 saturated heterocycles. The van der Waals surface area contributed by atoms with Crippen LogP contribution in [0.5, 0.6) is 0 Å². The average molecular weight is 392 g/mol. The van der Waals surface area contributed by atoms with Crippen LogP contribution in [0.4, 0.5) is 0 Å².